The van der Waals surface area contributed by atoms with Crippen molar-refractivity contribution in [1.82, 2.24) is 0 Å². The zero-order valence-electron chi connectivity index (χ0n) is 21.0. The van der Waals surface area contributed by atoms with Crippen LogP contribution in [0.1, 0.15) is 138 Å². The standard InChI is InChI=1S/C28H44F4O2/c1-2-3-4-5-6-7-8-9-10-11-12-13-14-15-16-17-18-19-22-34-27(33)24-20-21-26(29)25(23-24)28(30,31)32/h20-21,23H,2-19,22H2,1H3. The van der Waals surface area contributed by atoms with E-state index in [1.165, 1.54) is 89.9 Å². The molecule has 0 aliphatic carbocycles. The van der Waals surface area contributed by atoms with Crippen LogP contribution in [0.4, 0.5) is 17.6 Å². The highest BCUT2D eigenvalue weighted by Gasteiger charge is 2.34. The van der Waals surface area contributed by atoms with Crippen LogP contribution >= 0.6 is 0 Å². The largest absolute Gasteiger partial charge is 0.462 e. The van der Waals surface area contributed by atoms with Crippen molar-refractivity contribution in [2.24, 2.45) is 0 Å². The Hall–Kier alpha value is -1.59. The lowest BCUT2D eigenvalue weighted by atomic mass is 10.0. The predicted octanol–water partition coefficient (Wildman–Crippen LogP) is 10.0. The average molecular weight is 489 g/mol. The Labute approximate surface area is 203 Å². The highest BCUT2D eigenvalue weighted by Crippen LogP contribution is 2.32. The Morgan fingerprint density at radius 1 is 0.706 bits per heavy atom. The van der Waals surface area contributed by atoms with Crippen LogP contribution in [0.25, 0.3) is 0 Å². The first kappa shape index (κ1) is 30.4. The minimum atomic E-state index is -4.84. The summed E-state index contributed by atoms with van der Waals surface area (Å²) in [6.07, 6.45) is 17.8. The van der Waals surface area contributed by atoms with Gasteiger partial charge in [-0.05, 0) is 24.6 Å². The Kier molecular flexibility index (Phi) is 16.7. The van der Waals surface area contributed by atoms with Crippen molar-refractivity contribution >= 4 is 5.97 Å². The number of esters is 1. The van der Waals surface area contributed by atoms with Gasteiger partial charge in [-0.2, -0.15) is 13.2 Å². The summed E-state index contributed by atoms with van der Waals surface area (Å²) in [6, 6.07) is 2.17. The van der Waals surface area contributed by atoms with Gasteiger partial charge in [0.25, 0.3) is 0 Å². The number of halogens is 4. The number of alkyl halides is 3. The first-order chi connectivity index (χ1) is 16.4. The van der Waals surface area contributed by atoms with Gasteiger partial charge < -0.3 is 4.74 Å². The SMILES string of the molecule is CCCCCCCCCCCCCCCCCCCCOC(=O)c1ccc(F)c(C(F)(F)F)c1. The normalized spacial score (nSPS) is 11.7. The van der Waals surface area contributed by atoms with Gasteiger partial charge in [-0.1, -0.05) is 116 Å². The number of ether oxygens (including phenoxy) is 1. The third-order valence-corrected chi connectivity index (χ3v) is 6.24. The van der Waals surface area contributed by atoms with Crippen LogP contribution in [0.5, 0.6) is 0 Å². The van der Waals surface area contributed by atoms with Crippen LogP contribution in [0.2, 0.25) is 0 Å². The van der Waals surface area contributed by atoms with E-state index in [2.05, 4.69) is 6.92 Å². The van der Waals surface area contributed by atoms with E-state index in [0.717, 1.165) is 25.3 Å². The highest BCUT2D eigenvalue weighted by molar-refractivity contribution is 5.89. The molecule has 0 bridgehead atoms. The molecule has 0 heterocycles. The predicted molar refractivity (Wildman–Crippen MR) is 130 cm³/mol. The van der Waals surface area contributed by atoms with Crippen molar-refractivity contribution in [3.63, 3.8) is 0 Å². The first-order valence-corrected chi connectivity index (χ1v) is 13.4. The van der Waals surface area contributed by atoms with Gasteiger partial charge in [-0.15, -0.1) is 0 Å². The van der Waals surface area contributed by atoms with Crippen molar-refractivity contribution in [2.45, 2.75) is 129 Å². The molecule has 0 saturated carbocycles. The third-order valence-electron chi connectivity index (χ3n) is 6.24. The molecule has 0 aliphatic rings. The number of hydrogen-bond donors (Lipinski definition) is 0. The van der Waals surface area contributed by atoms with E-state index in [4.69, 9.17) is 4.74 Å². The molecule has 2 nitrogen and oxygen atoms in total. The lowest BCUT2D eigenvalue weighted by molar-refractivity contribution is -0.140. The summed E-state index contributed by atoms with van der Waals surface area (Å²) in [7, 11) is 0. The summed E-state index contributed by atoms with van der Waals surface area (Å²) in [5, 5.41) is 0. The molecular weight excluding hydrogens is 444 g/mol. The van der Waals surface area contributed by atoms with E-state index in [9.17, 15) is 22.4 Å². The summed E-state index contributed by atoms with van der Waals surface area (Å²) in [4.78, 5) is 11.9. The average Bonchev–Trinajstić information content (AvgIpc) is 2.80. The van der Waals surface area contributed by atoms with E-state index in [1.54, 1.807) is 0 Å². The molecule has 0 radical (unpaired) electrons. The molecule has 6 heteroatoms. The summed E-state index contributed by atoms with van der Waals surface area (Å²) in [6.45, 7) is 2.42. The fraction of sp³-hybridized carbons (Fsp3) is 0.750. The van der Waals surface area contributed by atoms with Gasteiger partial charge >= 0.3 is 12.1 Å². The third kappa shape index (κ3) is 14.6. The molecule has 0 amide bonds. The van der Waals surface area contributed by atoms with Crippen LogP contribution in [0.15, 0.2) is 18.2 Å². The Balaban J connectivity index is 1.92. The molecule has 0 saturated heterocycles. The quantitative estimate of drug-likeness (QED) is 0.104. The van der Waals surface area contributed by atoms with E-state index < -0.39 is 23.5 Å². The number of unbranched alkanes of at least 4 members (excludes halogenated alkanes) is 17. The summed E-state index contributed by atoms with van der Waals surface area (Å²) in [5.41, 5.74) is -1.73. The van der Waals surface area contributed by atoms with Crippen molar-refractivity contribution in [3.8, 4) is 0 Å². The fourth-order valence-corrected chi connectivity index (χ4v) is 4.12. The molecule has 1 rings (SSSR count). The monoisotopic (exact) mass is 488 g/mol. The molecule has 0 atom stereocenters. The van der Waals surface area contributed by atoms with Crippen LogP contribution in [0, 0.1) is 5.82 Å². The van der Waals surface area contributed by atoms with Gasteiger partial charge in [0.05, 0.1) is 17.7 Å². The van der Waals surface area contributed by atoms with Gasteiger partial charge in [0, 0.05) is 0 Å². The summed E-state index contributed by atoms with van der Waals surface area (Å²) >= 11 is 0. The zero-order valence-corrected chi connectivity index (χ0v) is 21.0. The molecule has 0 aromatic heterocycles. The first-order valence-electron chi connectivity index (χ1n) is 13.4. The van der Waals surface area contributed by atoms with Crippen LogP contribution < -0.4 is 0 Å². The van der Waals surface area contributed by atoms with E-state index in [0.29, 0.717) is 18.6 Å². The second kappa shape index (κ2) is 18.7. The molecule has 0 fully saturated rings. The van der Waals surface area contributed by atoms with Gasteiger partial charge in [0.2, 0.25) is 0 Å². The smallest absolute Gasteiger partial charge is 0.419 e. The summed E-state index contributed by atoms with van der Waals surface area (Å²) in [5.74, 6) is -2.25. The van der Waals surface area contributed by atoms with E-state index in [-0.39, 0.29) is 12.2 Å². The molecule has 0 unspecified atom stereocenters. The Bertz CT molecular complexity index is 658. The highest BCUT2D eigenvalue weighted by atomic mass is 19.4. The maximum Gasteiger partial charge on any atom is 0.419 e. The molecule has 196 valence electrons. The maximum atomic E-state index is 13.3. The molecule has 1 aromatic carbocycles. The van der Waals surface area contributed by atoms with E-state index >= 15 is 0 Å². The number of rotatable bonds is 20. The van der Waals surface area contributed by atoms with Crippen molar-refractivity contribution < 1.29 is 27.1 Å². The molecular formula is C28H44F4O2. The molecule has 34 heavy (non-hydrogen) atoms. The van der Waals surface area contributed by atoms with Crippen LogP contribution in [-0.2, 0) is 10.9 Å². The summed E-state index contributed by atoms with van der Waals surface area (Å²) < 4.78 is 56.5. The molecule has 0 spiro atoms. The van der Waals surface area contributed by atoms with E-state index in [1.807, 2.05) is 0 Å². The number of benzene rings is 1. The van der Waals surface area contributed by atoms with Crippen LogP contribution in [-0.4, -0.2) is 12.6 Å². The fourth-order valence-electron chi connectivity index (χ4n) is 4.12. The zero-order chi connectivity index (χ0) is 25.1. The second-order valence-electron chi connectivity index (χ2n) is 9.34. The van der Waals surface area contributed by atoms with Gasteiger partial charge in [0.1, 0.15) is 5.82 Å². The van der Waals surface area contributed by atoms with Gasteiger partial charge in [0.15, 0.2) is 0 Å². The number of hydrogen-bond acceptors (Lipinski definition) is 2. The maximum absolute atomic E-state index is 13.3. The minimum Gasteiger partial charge on any atom is -0.462 e. The lowest BCUT2D eigenvalue weighted by Gasteiger charge is -2.10. The number of carbonyl (C=O) groups is 1. The van der Waals surface area contributed by atoms with Crippen molar-refractivity contribution in [3.05, 3.63) is 35.1 Å². The van der Waals surface area contributed by atoms with Gasteiger partial charge in [-0.3, -0.25) is 0 Å². The molecule has 1 aromatic rings. The minimum absolute atomic E-state index is 0.163. The molecule has 0 N–H and O–H groups in total. The van der Waals surface area contributed by atoms with Crippen LogP contribution in [0.3, 0.4) is 0 Å². The van der Waals surface area contributed by atoms with Crippen molar-refractivity contribution in [2.75, 3.05) is 6.61 Å². The van der Waals surface area contributed by atoms with Gasteiger partial charge in [-0.25, -0.2) is 9.18 Å². The number of carbonyl (C=O) groups excluding carboxylic acids is 1. The second-order valence-corrected chi connectivity index (χ2v) is 9.34. The lowest BCUT2D eigenvalue weighted by Crippen LogP contribution is -2.12. The van der Waals surface area contributed by atoms with Crippen molar-refractivity contribution in [1.29, 1.82) is 0 Å². The molecule has 0 aliphatic heterocycles. The Morgan fingerprint density at radius 2 is 1.12 bits per heavy atom. The Morgan fingerprint density at radius 3 is 1.53 bits per heavy atom. The topological polar surface area (TPSA) is 26.3 Å².